The number of nitrogens with one attached hydrogen (secondary N) is 2. The molecule has 140 valence electrons. The number of rotatable bonds is 8. The Bertz CT molecular complexity index is 892. The molecule has 3 rings (SSSR count). The predicted octanol–water partition coefficient (Wildman–Crippen LogP) is 1.63. The number of thioether (sulfide) groups is 1. The molecule has 1 aromatic carbocycles. The van der Waals surface area contributed by atoms with Gasteiger partial charge in [0.2, 0.25) is 11.6 Å². The zero-order chi connectivity index (χ0) is 19.2. The number of allylic oxidation sites excluding steroid dienone is 2. The number of amides is 1. The SMILES string of the molecule is NCCOCCSC1=CC(=O)c2[nH]nc(C(=O)Nc3ccccc3)c2C1=O. The summed E-state index contributed by atoms with van der Waals surface area (Å²) in [6.07, 6.45) is 1.26. The molecule has 0 radical (unpaired) electrons. The van der Waals surface area contributed by atoms with Gasteiger partial charge in [-0.3, -0.25) is 19.5 Å². The fourth-order valence-electron chi connectivity index (χ4n) is 2.50. The summed E-state index contributed by atoms with van der Waals surface area (Å²) in [4.78, 5) is 37.8. The Morgan fingerprint density at radius 3 is 2.74 bits per heavy atom. The molecular weight excluding hydrogens is 368 g/mol. The first-order valence-electron chi connectivity index (χ1n) is 8.28. The van der Waals surface area contributed by atoms with Crippen LogP contribution in [0.1, 0.15) is 31.3 Å². The van der Waals surface area contributed by atoms with Crippen molar-refractivity contribution in [1.82, 2.24) is 10.2 Å². The summed E-state index contributed by atoms with van der Waals surface area (Å²) >= 11 is 1.20. The van der Waals surface area contributed by atoms with E-state index in [-0.39, 0.29) is 27.6 Å². The number of aromatic nitrogens is 2. The maximum Gasteiger partial charge on any atom is 0.276 e. The summed E-state index contributed by atoms with van der Waals surface area (Å²) < 4.78 is 5.27. The van der Waals surface area contributed by atoms with Crippen LogP contribution in [0.25, 0.3) is 0 Å². The number of carbonyl (C=O) groups excluding carboxylic acids is 3. The van der Waals surface area contributed by atoms with E-state index in [4.69, 9.17) is 10.5 Å². The molecule has 0 spiro atoms. The Morgan fingerprint density at radius 2 is 2.00 bits per heavy atom. The van der Waals surface area contributed by atoms with Crippen LogP contribution in [-0.4, -0.2) is 53.2 Å². The minimum Gasteiger partial charge on any atom is -0.379 e. The summed E-state index contributed by atoms with van der Waals surface area (Å²) in [5, 5.41) is 9.06. The smallest absolute Gasteiger partial charge is 0.276 e. The average Bonchev–Trinajstić information content (AvgIpc) is 3.12. The molecule has 1 aromatic heterocycles. The number of benzene rings is 1. The number of Topliss-reactive ketones (excluding diaryl/α,β-unsaturated/α-hetero) is 1. The standard InChI is InChI=1S/C18H18N4O4S/c19-6-7-26-8-9-27-13-10-12(23)15-14(17(13)24)16(22-21-15)18(25)20-11-4-2-1-3-5-11/h1-5,10H,6-9,19H2,(H,20,25)(H,21,22). The zero-order valence-corrected chi connectivity index (χ0v) is 15.2. The Kier molecular flexibility index (Phi) is 6.17. The monoisotopic (exact) mass is 386 g/mol. The van der Waals surface area contributed by atoms with Crippen LogP contribution in [0.4, 0.5) is 5.69 Å². The van der Waals surface area contributed by atoms with Gasteiger partial charge in [-0.1, -0.05) is 18.2 Å². The molecule has 0 atom stereocenters. The minimum atomic E-state index is -0.558. The first-order chi connectivity index (χ1) is 13.1. The second-order valence-corrected chi connectivity index (χ2v) is 6.73. The van der Waals surface area contributed by atoms with Gasteiger partial charge in [0.25, 0.3) is 5.91 Å². The number of anilines is 1. The number of carbonyl (C=O) groups is 3. The maximum absolute atomic E-state index is 12.8. The third kappa shape index (κ3) is 4.33. The number of ketones is 2. The molecule has 9 heteroatoms. The quantitative estimate of drug-likeness (QED) is 0.588. The molecule has 0 unspecified atom stereocenters. The molecule has 0 fully saturated rings. The van der Waals surface area contributed by atoms with Crippen molar-refractivity contribution in [3.63, 3.8) is 0 Å². The van der Waals surface area contributed by atoms with Crippen molar-refractivity contribution in [2.45, 2.75) is 0 Å². The van der Waals surface area contributed by atoms with Crippen molar-refractivity contribution in [1.29, 1.82) is 0 Å². The molecule has 27 heavy (non-hydrogen) atoms. The second kappa shape index (κ2) is 8.76. The van der Waals surface area contributed by atoms with E-state index < -0.39 is 11.7 Å². The number of aromatic amines is 1. The Balaban J connectivity index is 1.75. The van der Waals surface area contributed by atoms with Crippen molar-refractivity contribution < 1.29 is 19.1 Å². The van der Waals surface area contributed by atoms with Gasteiger partial charge in [-0.25, -0.2) is 0 Å². The van der Waals surface area contributed by atoms with Gasteiger partial charge in [-0.2, -0.15) is 5.10 Å². The molecule has 8 nitrogen and oxygen atoms in total. The molecule has 0 saturated heterocycles. The maximum atomic E-state index is 12.8. The largest absolute Gasteiger partial charge is 0.379 e. The van der Waals surface area contributed by atoms with Gasteiger partial charge in [0.15, 0.2) is 5.69 Å². The van der Waals surface area contributed by atoms with Crippen LogP contribution in [0.15, 0.2) is 41.3 Å². The van der Waals surface area contributed by atoms with E-state index in [1.54, 1.807) is 24.3 Å². The van der Waals surface area contributed by atoms with Crippen molar-refractivity contribution in [2.75, 3.05) is 30.8 Å². The number of para-hydroxylation sites is 1. The topological polar surface area (TPSA) is 127 Å². The normalized spacial score (nSPS) is 13.3. The van der Waals surface area contributed by atoms with Crippen LogP contribution < -0.4 is 11.1 Å². The van der Waals surface area contributed by atoms with Crippen molar-refractivity contribution in [2.24, 2.45) is 5.73 Å². The lowest BCUT2D eigenvalue weighted by atomic mass is 9.99. The van der Waals surface area contributed by atoms with E-state index >= 15 is 0 Å². The Labute approximate surface area is 159 Å². The van der Waals surface area contributed by atoms with Crippen LogP contribution in [0.2, 0.25) is 0 Å². The van der Waals surface area contributed by atoms with E-state index in [0.29, 0.717) is 31.2 Å². The molecule has 1 aliphatic carbocycles. The van der Waals surface area contributed by atoms with E-state index in [2.05, 4.69) is 15.5 Å². The van der Waals surface area contributed by atoms with Gasteiger partial charge in [0, 0.05) is 24.1 Å². The van der Waals surface area contributed by atoms with Crippen LogP contribution >= 0.6 is 11.8 Å². The molecule has 4 N–H and O–H groups in total. The summed E-state index contributed by atoms with van der Waals surface area (Å²) in [5.74, 6) is -0.858. The summed E-state index contributed by atoms with van der Waals surface area (Å²) in [5.41, 5.74) is 5.84. The second-order valence-electron chi connectivity index (χ2n) is 5.59. The van der Waals surface area contributed by atoms with E-state index in [0.717, 1.165) is 0 Å². The van der Waals surface area contributed by atoms with Gasteiger partial charge < -0.3 is 15.8 Å². The number of fused-ring (bicyclic) bond motifs is 1. The Morgan fingerprint density at radius 1 is 1.22 bits per heavy atom. The number of hydrogen-bond donors (Lipinski definition) is 3. The fourth-order valence-corrected chi connectivity index (χ4v) is 3.35. The highest BCUT2D eigenvalue weighted by Crippen LogP contribution is 2.29. The molecule has 1 aliphatic rings. The number of H-pyrrole nitrogens is 1. The molecule has 0 saturated carbocycles. The highest BCUT2D eigenvalue weighted by Gasteiger charge is 2.33. The average molecular weight is 386 g/mol. The third-order valence-electron chi connectivity index (χ3n) is 3.72. The van der Waals surface area contributed by atoms with Gasteiger partial charge in [-0.05, 0) is 12.1 Å². The predicted molar refractivity (Wildman–Crippen MR) is 102 cm³/mol. The first kappa shape index (κ1) is 19.0. The molecule has 1 heterocycles. The minimum absolute atomic E-state index is 0.00121. The van der Waals surface area contributed by atoms with Crippen molar-refractivity contribution in [3.8, 4) is 0 Å². The summed E-state index contributed by atoms with van der Waals surface area (Å²) in [6.45, 7) is 1.26. The highest BCUT2D eigenvalue weighted by molar-refractivity contribution is 8.04. The number of nitrogens with zero attached hydrogens (tertiary/aromatic N) is 1. The van der Waals surface area contributed by atoms with Crippen LogP contribution in [0, 0.1) is 0 Å². The van der Waals surface area contributed by atoms with Crippen LogP contribution in [0.3, 0.4) is 0 Å². The van der Waals surface area contributed by atoms with Gasteiger partial charge >= 0.3 is 0 Å². The highest BCUT2D eigenvalue weighted by atomic mass is 32.2. The van der Waals surface area contributed by atoms with Gasteiger partial charge in [-0.15, -0.1) is 11.8 Å². The third-order valence-corrected chi connectivity index (χ3v) is 4.70. The molecule has 1 amide bonds. The number of ether oxygens (including phenoxy) is 1. The van der Waals surface area contributed by atoms with E-state index in [1.807, 2.05) is 6.07 Å². The number of hydrogen-bond acceptors (Lipinski definition) is 7. The lowest BCUT2D eigenvalue weighted by Gasteiger charge is -2.12. The van der Waals surface area contributed by atoms with E-state index in [9.17, 15) is 14.4 Å². The Hall–Kier alpha value is -2.75. The van der Waals surface area contributed by atoms with Crippen LogP contribution in [0.5, 0.6) is 0 Å². The van der Waals surface area contributed by atoms with Crippen LogP contribution in [-0.2, 0) is 4.74 Å². The summed E-state index contributed by atoms with van der Waals surface area (Å²) in [7, 11) is 0. The first-order valence-corrected chi connectivity index (χ1v) is 9.26. The van der Waals surface area contributed by atoms with Gasteiger partial charge in [0.1, 0.15) is 5.69 Å². The molecule has 2 aromatic rings. The molecular formula is C18H18N4O4S. The summed E-state index contributed by atoms with van der Waals surface area (Å²) in [6, 6.07) is 8.79. The number of nitrogens with two attached hydrogens (primary N) is 1. The van der Waals surface area contributed by atoms with Crippen molar-refractivity contribution >= 4 is 34.9 Å². The lowest BCUT2D eigenvalue weighted by Crippen LogP contribution is -2.21. The fraction of sp³-hybridized carbons (Fsp3) is 0.222. The van der Waals surface area contributed by atoms with E-state index in [1.165, 1.54) is 17.8 Å². The molecule has 0 bridgehead atoms. The van der Waals surface area contributed by atoms with Gasteiger partial charge in [0.05, 0.1) is 23.7 Å². The zero-order valence-electron chi connectivity index (χ0n) is 14.4. The molecule has 0 aliphatic heterocycles. The van der Waals surface area contributed by atoms with Crippen molar-refractivity contribution in [3.05, 3.63) is 58.3 Å². The lowest BCUT2D eigenvalue weighted by molar-refractivity contribution is 0.0978.